The van der Waals surface area contributed by atoms with Crippen LogP contribution in [0.2, 0.25) is 0 Å². The van der Waals surface area contributed by atoms with Gasteiger partial charge in [0.25, 0.3) is 5.91 Å². The van der Waals surface area contributed by atoms with Crippen LogP contribution in [0.25, 0.3) is 0 Å². The average Bonchev–Trinajstić information content (AvgIpc) is 2.75. The lowest BCUT2D eigenvalue weighted by molar-refractivity contribution is 0.0720. The van der Waals surface area contributed by atoms with E-state index in [0.29, 0.717) is 17.2 Å². The first-order chi connectivity index (χ1) is 9.22. The molecule has 0 aromatic heterocycles. The van der Waals surface area contributed by atoms with E-state index in [2.05, 4.69) is 11.4 Å². The molecule has 1 atom stereocenters. The van der Waals surface area contributed by atoms with Crippen molar-refractivity contribution in [1.29, 1.82) is 5.26 Å². The Kier molecular flexibility index (Phi) is 4.53. The zero-order chi connectivity index (χ0) is 13.7. The molecule has 4 heteroatoms. The van der Waals surface area contributed by atoms with E-state index < -0.39 is 0 Å². The molecular formula is C15H19N3O. The van der Waals surface area contributed by atoms with Crippen molar-refractivity contribution in [3.63, 3.8) is 0 Å². The highest BCUT2D eigenvalue weighted by Gasteiger charge is 2.21. The van der Waals surface area contributed by atoms with Gasteiger partial charge >= 0.3 is 0 Å². The summed E-state index contributed by atoms with van der Waals surface area (Å²) < 4.78 is 0. The smallest absolute Gasteiger partial charge is 0.253 e. The second-order valence-electron chi connectivity index (χ2n) is 4.94. The Morgan fingerprint density at radius 2 is 2.05 bits per heavy atom. The third-order valence-corrected chi connectivity index (χ3v) is 3.67. The topological polar surface area (TPSA) is 56.1 Å². The number of hydrogen-bond acceptors (Lipinski definition) is 3. The molecule has 1 heterocycles. The number of nitrogens with one attached hydrogen (secondary N) is 1. The molecule has 2 rings (SSSR count). The summed E-state index contributed by atoms with van der Waals surface area (Å²) in [7, 11) is 1.87. The van der Waals surface area contributed by atoms with Crippen molar-refractivity contribution >= 4 is 5.91 Å². The van der Waals surface area contributed by atoms with Crippen molar-refractivity contribution in [2.24, 2.45) is 0 Å². The summed E-state index contributed by atoms with van der Waals surface area (Å²) in [5.41, 5.74) is 1.23. The van der Waals surface area contributed by atoms with E-state index in [-0.39, 0.29) is 5.91 Å². The first-order valence-corrected chi connectivity index (χ1v) is 6.70. The Labute approximate surface area is 114 Å². The predicted octanol–water partition coefficient (Wildman–Crippen LogP) is 1.77. The van der Waals surface area contributed by atoms with Gasteiger partial charge in [-0.1, -0.05) is 0 Å². The van der Waals surface area contributed by atoms with E-state index in [1.165, 1.54) is 0 Å². The minimum absolute atomic E-state index is 0.0383. The highest BCUT2D eigenvalue weighted by molar-refractivity contribution is 5.94. The molecule has 1 N–H and O–H groups in total. The maximum Gasteiger partial charge on any atom is 0.253 e. The van der Waals surface area contributed by atoms with Crippen LogP contribution in [0.1, 0.15) is 35.2 Å². The summed E-state index contributed by atoms with van der Waals surface area (Å²) in [6.45, 7) is 2.01. The van der Waals surface area contributed by atoms with Crippen LogP contribution in [0.5, 0.6) is 0 Å². The second-order valence-corrected chi connectivity index (χ2v) is 4.94. The molecule has 0 aliphatic carbocycles. The summed E-state index contributed by atoms with van der Waals surface area (Å²) >= 11 is 0. The molecule has 1 aromatic carbocycles. The average molecular weight is 257 g/mol. The zero-order valence-electron chi connectivity index (χ0n) is 11.2. The molecule has 1 aliphatic heterocycles. The van der Waals surface area contributed by atoms with E-state index in [0.717, 1.165) is 32.4 Å². The fourth-order valence-electron chi connectivity index (χ4n) is 2.44. The van der Waals surface area contributed by atoms with Gasteiger partial charge in [0.15, 0.2) is 0 Å². The second kappa shape index (κ2) is 6.35. The van der Waals surface area contributed by atoms with Gasteiger partial charge in [-0.2, -0.15) is 5.26 Å². The lowest BCUT2D eigenvalue weighted by Gasteiger charge is -2.27. The van der Waals surface area contributed by atoms with Crippen LogP contribution >= 0.6 is 0 Å². The summed E-state index contributed by atoms with van der Waals surface area (Å²) in [6.07, 6.45) is 3.15. The monoisotopic (exact) mass is 257 g/mol. The van der Waals surface area contributed by atoms with Gasteiger partial charge in [0, 0.05) is 18.7 Å². The van der Waals surface area contributed by atoms with Crippen molar-refractivity contribution in [3.8, 4) is 6.07 Å². The van der Waals surface area contributed by atoms with Crippen LogP contribution in [0.4, 0.5) is 0 Å². The molecule has 1 amide bonds. The summed E-state index contributed by atoms with van der Waals surface area (Å²) in [5.74, 6) is 0.0383. The molecule has 0 spiro atoms. The molecule has 1 saturated heterocycles. The molecule has 0 bridgehead atoms. The van der Waals surface area contributed by atoms with E-state index in [4.69, 9.17) is 5.26 Å². The van der Waals surface area contributed by atoms with Crippen LogP contribution in [-0.4, -0.2) is 37.0 Å². The van der Waals surface area contributed by atoms with Crippen LogP contribution in [-0.2, 0) is 0 Å². The van der Waals surface area contributed by atoms with Crippen molar-refractivity contribution in [2.45, 2.75) is 25.3 Å². The third-order valence-electron chi connectivity index (χ3n) is 3.67. The Bertz CT molecular complexity index is 467. The molecule has 4 nitrogen and oxygen atoms in total. The van der Waals surface area contributed by atoms with Gasteiger partial charge in [0.1, 0.15) is 0 Å². The summed E-state index contributed by atoms with van der Waals surface area (Å²) in [5, 5.41) is 12.1. The van der Waals surface area contributed by atoms with Crippen LogP contribution < -0.4 is 5.32 Å². The Balaban J connectivity index is 2.06. The number of carbonyl (C=O) groups is 1. The quantitative estimate of drug-likeness (QED) is 0.878. The maximum absolute atomic E-state index is 12.4. The third kappa shape index (κ3) is 3.33. The number of hydrogen-bond donors (Lipinski definition) is 1. The minimum atomic E-state index is 0.0383. The van der Waals surface area contributed by atoms with Gasteiger partial charge in [0.2, 0.25) is 0 Å². The summed E-state index contributed by atoms with van der Waals surface area (Å²) in [6, 6.07) is 9.20. The highest BCUT2D eigenvalue weighted by Crippen LogP contribution is 2.15. The fourth-order valence-corrected chi connectivity index (χ4v) is 2.44. The molecule has 1 unspecified atom stereocenters. The lowest BCUT2D eigenvalue weighted by atomic mass is 10.1. The fraction of sp³-hybridized carbons (Fsp3) is 0.467. The molecule has 1 aliphatic rings. The highest BCUT2D eigenvalue weighted by atomic mass is 16.2. The maximum atomic E-state index is 12.4. The van der Waals surface area contributed by atoms with Crippen molar-refractivity contribution in [1.82, 2.24) is 10.2 Å². The Morgan fingerprint density at radius 1 is 1.32 bits per heavy atom. The first-order valence-electron chi connectivity index (χ1n) is 6.70. The molecule has 19 heavy (non-hydrogen) atoms. The van der Waals surface area contributed by atoms with E-state index >= 15 is 0 Å². The Hall–Kier alpha value is -1.86. The van der Waals surface area contributed by atoms with Gasteiger partial charge in [-0.05, 0) is 56.6 Å². The van der Waals surface area contributed by atoms with Gasteiger partial charge in [-0.25, -0.2) is 0 Å². The number of nitriles is 1. The zero-order valence-corrected chi connectivity index (χ0v) is 11.2. The van der Waals surface area contributed by atoms with E-state index in [1.54, 1.807) is 24.3 Å². The molecule has 100 valence electrons. The number of benzene rings is 1. The number of rotatable bonds is 2. The van der Waals surface area contributed by atoms with Gasteiger partial charge in [-0.3, -0.25) is 4.79 Å². The van der Waals surface area contributed by atoms with E-state index in [1.807, 2.05) is 11.9 Å². The molecular weight excluding hydrogens is 238 g/mol. The number of nitrogens with zero attached hydrogens (tertiary/aromatic N) is 2. The lowest BCUT2D eigenvalue weighted by Crippen LogP contribution is -2.37. The first kappa shape index (κ1) is 13.6. The molecule has 0 saturated carbocycles. The summed E-state index contributed by atoms with van der Waals surface area (Å²) in [4.78, 5) is 14.2. The molecule has 1 fully saturated rings. The predicted molar refractivity (Wildman–Crippen MR) is 73.8 cm³/mol. The van der Waals surface area contributed by atoms with Gasteiger partial charge in [0.05, 0.1) is 11.6 Å². The molecule has 1 aromatic rings. The largest absolute Gasteiger partial charge is 0.339 e. The van der Waals surface area contributed by atoms with Gasteiger partial charge in [-0.15, -0.1) is 0 Å². The van der Waals surface area contributed by atoms with Crippen LogP contribution in [0, 0.1) is 11.3 Å². The van der Waals surface area contributed by atoms with Crippen molar-refractivity contribution in [2.75, 3.05) is 20.1 Å². The standard InChI is InChI=1S/C15H19N3O/c1-18(14-3-2-9-17-10-8-14)15(19)13-6-4-12(11-16)5-7-13/h4-7,14,17H,2-3,8-10H2,1H3. The molecule has 0 radical (unpaired) electrons. The normalized spacial score (nSPS) is 19.3. The SMILES string of the molecule is CN(C(=O)c1ccc(C#N)cc1)C1CCCNCC1. The van der Waals surface area contributed by atoms with Gasteiger partial charge < -0.3 is 10.2 Å². The minimum Gasteiger partial charge on any atom is -0.339 e. The van der Waals surface area contributed by atoms with Crippen molar-refractivity contribution < 1.29 is 4.79 Å². The van der Waals surface area contributed by atoms with E-state index in [9.17, 15) is 4.79 Å². The number of carbonyl (C=O) groups excluding carboxylic acids is 1. The van der Waals surface area contributed by atoms with Crippen LogP contribution in [0.15, 0.2) is 24.3 Å². The van der Waals surface area contributed by atoms with Crippen molar-refractivity contribution in [3.05, 3.63) is 35.4 Å². The van der Waals surface area contributed by atoms with Crippen LogP contribution in [0.3, 0.4) is 0 Å². The Morgan fingerprint density at radius 3 is 2.74 bits per heavy atom. The number of amides is 1.